The minimum absolute atomic E-state index is 0.404. The molecule has 1 aromatic carbocycles. The number of hydrogen-bond acceptors (Lipinski definition) is 1. The Bertz CT molecular complexity index is 279. The fraction of sp³-hybridized carbons (Fsp3) is 0.538. The molecule has 15 heavy (non-hydrogen) atoms. The zero-order valence-corrected chi connectivity index (χ0v) is 10.5. The fourth-order valence-corrected chi connectivity index (χ4v) is 1.58. The molecule has 2 heteroatoms. The van der Waals surface area contributed by atoms with Crippen LogP contribution in [0.25, 0.3) is 0 Å². The highest BCUT2D eigenvalue weighted by Gasteiger charge is 2.04. The molecule has 0 saturated heterocycles. The quantitative estimate of drug-likeness (QED) is 0.798. The van der Waals surface area contributed by atoms with Crippen LogP contribution in [0.1, 0.15) is 38.8 Å². The van der Waals surface area contributed by atoms with Gasteiger partial charge in [-0.1, -0.05) is 37.6 Å². The summed E-state index contributed by atoms with van der Waals surface area (Å²) < 4.78 is 0. The van der Waals surface area contributed by atoms with Crippen molar-refractivity contribution in [3.63, 3.8) is 0 Å². The van der Waals surface area contributed by atoms with E-state index in [4.69, 9.17) is 11.6 Å². The molecule has 0 saturated carbocycles. The first-order chi connectivity index (χ1) is 7.09. The third kappa shape index (κ3) is 4.67. The van der Waals surface area contributed by atoms with Gasteiger partial charge < -0.3 is 5.32 Å². The minimum Gasteiger partial charge on any atom is -0.310 e. The van der Waals surface area contributed by atoms with Gasteiger partial charge in [-0.2, -0.15) is 0 Å². The van der Waals surface area contributed by atoms with Crippen molar-refractivity contribution in [1.29, 1.82) is 0 Å². The average molecular weight is 226 g/mol. The summed E-state index contributed by atoms with van der Waals surface area (Å²) in [4.78, 5) is 0. The minimum atomic E-state index is 0.404. The summed E-state index contributed by atoms with van der Waals surface area (Å²) in [5.41, 5.74) is 1.29. The highest BCUT2D eigenvalue weighted by atomic mass is 35.5. The van der Waals surface area contributed by atoms with Crippen molar-refractivity contribution in [2.24, 2.45) is 5.92 Å². The van der Waals surface area contributed by atoms with Crippen LogP contribution in [0, 0.1) is 5.92 Å². The SMILES string of the molecule is CC(C)CCNC(C)c1ccc(Cl)cc1. The molecular weight excluding hydrogens is 206 g/mol. The second-order valence-electron chi connectivity index (χ2n) is 4.41. The van der Waals surface area contributed by atoms with E-state index in [0.717, 1.165) is 17.5 Å². The molecule has 0 amide bonds. The molecule has 84 valence electrons. The van der Waals surface area contributed by atoms with Gasteiger partial charge in [0.2, 0.25) is 0 Å². The Morgan fingerprint density at radius 3 is 2.27 bits per heavy atom. The van der Waals surface area contributed by atoms with Crippen LogP contribution in [0.3, 0.4) is 0 Å². The maximum absolute atomic E-state index is 5.84. The third-order valence-electron chi connectivity index (χ3n) is 2.54. The number of hydrogen-bond donors (Lipinski definition) is 1. The molecular formula is C13H20ClN. The van der Waals surface area contributed by atoms with Gasteiger partial charge in [-0.25, -0.2) is 0 Å². The summed E-state index contributed by atoms with van der Waals surface area (Å²) in [6.45, 7) is 7.74. The molecule has 0 fully saturated rings. The molecule has 0 spiro atoms. The summed E-state index contributed by atoms with van der Waals surface area (Å²) in [7, 11) is 0. The van der Waals surface area contributed by atoms with Gasteiger partial charge >= 0.3 is 0 Å². The Balaban J connectivity index is 2.40. The lowest BCUT2D eigenvalue weighted by Crippen LogP contribution is -2.20. The van der Waals surface area contributed by atoms with Crippen molar-refractivity contribution in [2.45, 2.75) is 33.2 Å². The van der Waals surface area contributed by atoms with Crippen LogP contribution < -0.4 is 5.32 Å². The van der Waals surface area contributed by atoms with Crippen molar-refractivity contribution < 1.29 is 0 Å². The number of benzene rings is 1. The summed E-state index contributed by atoms with van der Waals surface area (Å²) >= 11 is 5.84. The van der Waals surface area contributed by atoms with E-state index >= 15 is 0 Å². The molecule has 0 aliphatic heterocycles. The Morgan fingerprint density at radius 1 is 1.13 bits per heavy atom. The first kappa shape index (κ1) is 12.5. The Kier molecular flexibility index (Phi) is 5.13. The molecule has 1 nitrogen and oxygen atoms in total. The Hall–Kier alpha value is -0.530. The van der Waals surface area contributed by atoms with E-state index in [2.05, 4.69) is 38.2 Å². The van der Waals surface area contributed by atoms with Crippen molar-refractivity contribution in [3.8, 4) is 0 Å². The van der Waals surface area contributed by atoms with E-state index in [1.165, 1.54) is 12.0 Å². The molecule has 0 heterocycles. The lowest BCUT2D eigenvalue weighted by Gasteiger charge is -2.15. The van der Waals surface area contributed by atoms with E-state index < -0.39 is 0 Å². The normalized spacial score (nSPS) is 13.1. The molecule has 1 N–H and O–H groups in total. The standard InChI is InChI=1S/C13H20ClN/c1-10(2)8-9-15-11(3)12-4-6-13(14)7-5-12/h4-7,10-11,15H,8-9H2,1-3H3. The molecule has 0 aromatic heterocycles. The van der Waals surface area contributed by atoms with Crippen molar-refractivity contribution >= 4 is 11.6 Å². The van der Waals surface area contributed by atoms with Crippen LogP contribution >= 0.6 is 11.6 Å². The smallest absolute Gasteiger partial charge is 0.0406 e. The molecule has 1 aromatic rings. The van der Waals surface area contributed by atoms with E-state index in [1.54, 1.807) is 0 Å². The predicted molar refractivity (Wildman–Crippen MR) is 67.3 cm³/mol. The summed E-state index contributed by atoms with van der Waals surface area (Å²) in [5, 5.41) is 4.31. The van der Waals surface area contributed by atoms with E-state index in [0.29, 0.717) is 6.04 Å². The van der Waals surface area contributed by atoms with Crippen molar-refractivity contribution in [1.82, 2.24) is 5.32 Å². The highest BCUT2D eigenvalue weighted by molar-refractivity contribution is 6.30. The van der Waals surface area contributed by atoms with Crippen LogP contribution in [0.5, 0.6) is 0 Å². The highest BCUT2D eigenvalue weighted by Crippen LogP contribution is 2.16. The van der Waals surface area contributed by atoms with Crippen LogP contribution in [0.2, 0.25) is 5.02 Å². The monoisotopic (exact) mass is 225 g/mol. The zero-order valence-electron chi connectivity index (χ0n) is 9.76. The second kappa shape index (κ2) is 6.14. The second-order valence-corrected chi connectivity index (χ2v) is 4.85. The first-order valence-electron chi connectivity index (χ1n) is 5.58. The molecule has 0 aliphatic carbocycles. The van der Waals surface area contributed by atoms with Gasteiger partial charge in [0.1, 0.15) is 0 Å². The van der Waals surface area contributed by atoms with Crippen LogP contribution in [0.4, 0.5) is 0 Å². The fourth-order valence-electron chi connectivity index (χ4n) is 1.46. The van der Waals surface area contributed by atoms with Gasteiger partial charge in [0.15, 0.2) is 0 Å². The third-order valence-corrected chi connectivity index (χ3v) is 2.79. The first-order valence-corrected chi connectivity index (χ1v) is 5.96. The number of halogens is 1. The molecule has 1 atom stereocenters. The van der Waals surface area contributed by atoms with Crippen LogP contribution in [-0.2, 0) is 0 Å². The summed E-state index contributed by atoms with van der Waals surface area (Å²) in [6, 6.07) is 8.45. The average Bonchev–Trinajstić information content (AvgIpc) is 2.18. The maximum Gasteiger partial charge on any atom is 0.0406 e. The van der Waals surface area contributed by atoms with E-state index in [-0.39, 0.29) is 0 Å². The number of nitrogens with one attached hydrogen (secondary N) is 1. The maximum atomic E-state index is 5.84. The largest absolute Gasteiger partial charge is 0.310 e. The van der Waals surface area contributed by atoms with Gasteiger partial charge in [0.25, 0.3) is 0 Å². The van der Waals surface area contributed by atoms with Crippen LogP contribution in [0.15, 0.2) is 24.3 Å². The lowest BCUT2D eigenvalue weighted by molar-refractivity contribution is 0.497. The molecule has 1 rings (SSSR count). The van der Waals surface area contributed by atoms with E-state index in [9.17, 15) is 0 Å². The van der Waals surface area contributed by atoms with Gasteiger partial charge in [0, 0.05) is 11.1 Å². The van der Waals surface area contributed by atoms with Gasteiger partial charge in [-0.05, 0) is 43.5 Å². The predicted octanol–water partition coefficient (Wildman–Crippen LogP) is 4.04. The zero-order chi connectivity index (χ0) is 11.3. The summed E-state index contributed by atoms with van der Waals surface area (Å²) in [6.07, 6.45) is 1.22. The Labute approximate surface area is 97.8 Å². The van der Waals surface area contributed by atoms with Crippen molar-refractivity contribution in [2.75, 3.05) is 6.54 Å². The van der Waals surface area contributed by atoms with Gasteiger partial charge in [-0.3, -0.25) is 0 Å². The molecule has 0 radical (unpaired) electrons. The van der Waals surface area contributed by atoms with Crippen LogP contribution in [-0.4, -0.2) is 6.54 Å². The summed E-state index contributed by atoms with van der Waals surface area (Å²) in [5.74, 6) is 0.759. The molecule has 0 aliphatic rings. The molecule has 0 bridgehead atoms. The number of rotatable bonds is 5. The topological polar surface area (TPSA) is 12.0 Å². The lowest BCUT2D eigenvalue weighted by atomic mass is 10.1. The van der Waals surface area contributed by atoms with E-state index in [1.807, 2.05) is 12.1 Å². The Morgan fingerprint density at radius 2 is 1.73 bits per heavy atom. The van der Waals surface area contributed by atoms with Crippen molar-refractivity contribution in [3.05, 3.63) is 34.9 Å². The molecule has 1 unspecified atom stereocenters. The van der Waals surface area contributed by atoms with Gasteiger partial charge in [-0.15, -0.1) is 0 Å². The van der Waals surface area contributed by atoms with Gasteiger partial charge in [0.05, 0.1) is 0 Å².